The van der Waals surface area contributed by atoms with Crippen molar-refractivity contribution in [1.82, 2.24) is 10.1 Å². The summed E-state index contributed by atoms with van der Waals surface area (Å²) in [5, 5.41) is 3.13. The van der Waals surface area contributed by atoms with E-state index in [2.05, 4.69) is 14.7 Å². The summed E-state index contributed by atoms with van der Waals surface area (Å²) in [7, 11) is 0. The second-order valence-corrected chi connectivity index (χ2v) is 4.82. The Morgan fingerprint density at radius 1 is 1.12 bits per heavy atom. The lowest BCUT2D eigenvalue weighted by Crippen LogP contribution is -2.41. The number of amides is 1. The van der Waals surface area contributed by atoms with E-state index in [1.54, 1.807) is 0 Å². The topological polar surface area (TPSA) is 59.2 Å². The van der Waals surface area contributed by atoms with Crippen molar-refractivity contribution < 1.29 is 35.7 Å². The van der Waals surface area contributed by atoms with Crippen molar-refractivity contribution in [2.45, 2.75) is 18.9 Å². The summed E-state index contributed by atoms with van der Waals surface area (Å²) in [5.41, 5.74) is -0.250. The van der Waals surface area contributed by atoms with Crippen LogP contribution in [0.5, 0.6) is 0 Å². The van der Waals surface area contributed by atoms with E-state index in [-0.39, 0.29) is 15.6 Å². The number of rotatable bonds is 3. The Morgan fingerprint density at radius 2 is 1.71 bits per heavy atom. The van der Waals surface area contributed by atoms with Crippen LogP contribution in [-0.2, 0) is 17.5 Å². The molecule has 130 valence electrons. The number of carbonyl (C=O) groups is 1. The van der Waals surface area contributed by atoms with E-state index in [0.29, 0.717) is 0 Å². The molecule has 0 aliphatic rings. The summed E-state index contributed by atoms with van der Waals surface area (Å²) in [4.78, 5) is 14.6. The van der Waals surface area contributed by atoms with E-state index in [4.69, 9.17) is 11.6 Å². The SMILES string of the molecule is O=C(N(Cc1noc(C(F)(F)F)n1)c1ccc(Cl)cc1)C(F)(F)F. The van der Waals surface area contributed by atoms with Crippen LogP contribution in [0, 0.1) is 0 Å². The molecule has 0 bridgehead atoms. The number of hydrogen-bond acceptors (Lipinski definition) is 4. The molecular weight excluding hydrogens is 368 g/mol. The molecule has 0 radical (unpaired) electrons. The summed E-state index contributed by atoms with van der Waals surface area (Å²) in [6.45, 7) is -0.973. The molecule has 5 nitrogen and oxygen atoms in total. The number of halogens is 7. The minimum absolute atomic E-state index is 0.168. The Kier molecular flexibility index (Phi) is 4.74. The number of hydrogen-bond donors (Lipinski definition) is 0. The highest BCUT2D eigenvalue weighted by Gasteiger charge is 2.44. The molecule has 0 spiro atoms. The molecule has 0 aliphatic carbocycles. The first-order chi connectivity index (χ1) is 11.0. The monoisotopic (exact) mass is 373 g/mol. The van der Waals surface area contributed by atoms with Gasteiger partial charge in [0.1, 0.15) is 0 Å². The zero-order valence-corrected chi connectivity index (χ0v) is 12.1. The number of benzene rings is 1. The Morgan fingerprint density at radius 3 is 2.17 bits per heavy atom. The predicted molar refractivity (Wildman–Crippen MR) is 68.0 cm³/mol. The molecule has 24 heavy (non-hydrogen) atoms. The van der Waals surface area contributed by atoms with Crippen LogP contribution in [0.1, 0.15) is 11.7 Å². The largest absolute Gasteiger partial charge is 0.471 e. The molecular formula is C12H6ClF6N3O2. The van der Waals surface area contributed by atoms with Gasteiger partial charge < -0.3 is 4.52 Å². The van der Waals surface area contributed by atoms with Gasteiger partial charge in [-0.3, -0.25) is 9.69 Å². The van der Waals surface area contributed by atoms with Crippen molar-refractivity contribution in [3.8, 4) is 0 Å². The maximum absolute atomic E-state index is 12.7. The Bertz CT molecular complexity index is 726. The molecule has 1 heterocycles. The molecule has 0 saturated heterocycles. The van der Waals surface area contributed by atoms with Crippen molar-refractivity contribution in [1.29, 1.82) is 0 Å². The molecule has 0 unspecified atom stereocenters. The molecule has 2 rings (SSSR count). The fourth-order valence-electron chi connectivity index (χ4n) is 1.63. The number of nitrogens with zero attached hydrogens (tertiary/aromatic N) is 3. The molecule has 2 aromatic rings. The van der Waals surface area contributed by atoms with Gasteiger partial charge in [0, 0.05) is 10.7 Å². The van der Waals surface area contributed by atoms with Crippen LogP contribution in [0.2, 0.25) is 5.02 Å². The first kappa shape index (κ1) is 18.0. The van der Waals surface area contributed by atoms with E-state index < -0.39 is 36.5 Å². The van der Waals surface area contributed by atoms with Gasteiger partial charge in [-0.1, -0.05) is 16.8 Å². The average molecular weight is 374 g/mol. The van der Waals surface area contributed by atoms with E-state index in [1.165, 1.54) is 12.1 Å². The number of alkyl halides is 6. The van der Waals surface area contributed by atoms with Crippen LogP contribution in [0.25, 0.3) is 0 Å². The quantitative estimate of drug-likeness (QED) is 0.767. The summed E-state index contributed by atoms with van der Waals surface area (Å²) in [5.74, 6) is -4.77. The van der Waals surface area contributed by atoms with Gasteiger partial charge in [-0.05, 0) is 24.3 Å². The standard InChI is InChI=1S/C12H6ClF6N3O2/c13-6-1-3-7(4-2-6)22(10(23)12(17,18)19)5-8-20-9(24-21-8)11(14,15)16/h1-4H,5H2. The smallest absolute Gasteiger partial charge is 0.329 e. The molecule has 0 atom stereocenters. The van der Waals surface area contributed by atoms with E-state index >= 15 is 0 Å². The zero-order chi connectivity index (χ0) is 18.1. The van der Waals surface area contributed by atoms with Crippen LogP contribution in [0.15, 0.2) is 28.8 Å². The van der Waals surface area contributed by atoms with Crippen molar-refractivity contribution in [2.75, 3.05) is 4.90 Å². The van der Waals surface area contributed by atoms with E-state index in [1.807, 2.05) is 0 Å². The highest BCUT2D eigenvalue weighted by Crippen LogP contribution is 2.29. The third kappa shape index (κ3) is 4.16. The molecule has 0 aliphatic heterocycles. The Hall–Kier alpha value is -2.30. The average Bonchev–Trinajstić information content (AvgIpc) is 2.93. The van der Waals surface area contributed by atoms with Gasteiger partial charge in [-0.15, -0.1) is 0 Å². The van der Waals surface area contributed by atoms with Crippen molar-refractivity contribution in [3.63, 3.8) is 0 Å². The highest BCUT2D eigenvalue weighted by molar-refractivity contribution is 6.30. The Labute approximate surface area is 134 Å². The van der Waals surface area contributed by atoms with Crippen LogP contribution in [0.4, 0.5) is 32.0 Å². The van der Waals surface area contributed by atoms with Gasteiger partial charge in [0.05, 0.1) is 6.54 Å². The van der Waals surface area contributed by atoms with Gasteiger partial charge in [0.15, 0.2) is 5.82 Å². The van der Waals surface area contributed by atoms with Gasteiger partial charge in [0.2, 0.25) is 0 Å². The highest BCUT2D eigenvalue weighted by atomic mass is 35.5. The summed E-state index contributed by atoms with van der Waals surface area (Å²) in [6.07, 6.45) is -10.2. The fourth-order valence-corrected chi connectivity index (χ4v) is 1.76. The maximum atomic E-state index is 12.7. The molecule has 1 aromatic carbocycles. The predicted octanol–water partition coefficient (Wildman–Crippen LogP) is 3.84. The third-order valence-electron chi connectivity index (χ3n) is 2.64. The molecule has 0 N–H and O–H groups in total. The van der Waals surface area contributed by atoms with Crippen molar-refractivity contribution in [3.05, 3.63) is 41.0 Å². The lowest BCUT2D eigenvalue weighted by Gasteiger charge is -2.22. The lowest BCUT2D eigenvalue weighted by molar-refractivity contribution is -0.170. The summed E-state index contributed by atoms with van der Waals surface area (Å²) >= 11 is 5.61. The third-order valence-corrected chi connectivity index (χ3v) is 2.89. The van der Waals surface area contributed by atoms with Gasteiger partial charge in [0.25, 0.3) is 0 Å². The number of aromatic nitrogens is 2. The second-order valence-electron chi connectivity index (χ2n) is 4.38. The summed E-state index contributed by atoms with van der Waals surface area (Å²) in [6, 6.07) is 4.61. The maximum Gasteiger partial charge on any atom is 0.471 e. The van der Waals surface area contributed by atoms with Crippen molar-refractivity contribution in [2.24, 2.45) is 0 Å². The van der Waals surface area contributed by atoms with Crippen molar-refractivity contribution >= 4 is 23.2 Å². The Balaban J connectivity index is 2.34. The van der Waals surface area contributed by atoms with Gasteiger partial charge in [-0.25, -0.2) is 0 Å². The lowest BCUT2D eigenvalue weighted by atomic mass is 10.2. The van der Waals surface area contributed by atoms with Crippen LogP contribution < -0.4 is 4.90 Å². The molecule has 12 heteroatoms. The first-order valence-electron chi connectivity index (χ1n) is 6.02. The normalized spacial score (nSPS) is 12.3. The second kappa shape index (κ2) is 6.30. The minimum atomic E-state index is -5.25. The fraction of sp³-hybridized carbons (Fsp3) is 0.250. The van der Waals surface area contributed by atoms with Crippen LogP contribution >= 0.6 is 11.6 Å². The molecule has 0 saturated carbocycles. The summed E-state index contributed by atoms with van der Waals surface area (Å²) < 4.78 is 79.2. The van der Waals surface area contributed by atoms with Gasteiger partial charge >= 0.3 is 24.2 Å². The first-order valence-corrected chi connectivity index (χ1v) is 6.40. The van der Waals surface area contributed by atoms with E-state index in [0.717, 1.165) is 12.1 Å². The number of anilines is 1. The van der Waals surface area contributed by atoms with Crippen LogP contribution in [0.3, 0.4) is 0 Å². The molecule has 1 aromatic heterocycles. The molecule has 0 fully saturated rings. The number of carbonyl (C=O) groups excluding carboxylic acids is 1. The van der Waals surface area contributed by atoms with Gasteiger partial charge in [-0.2, -0.15) is 31.3 Å². The van der Waals surface area contributed by atoms with E-state index in [9.17, 15) is 31.1 Å². The minimum Gasteiger partial charge on any atom is -0.329 e. The molecule has 1 amide bonds. The zero-order valence-electron chi connectivity index (χ0n) is 11.3. The van der Waals surface area contributed by atoms with Crippen LogP contribution in [-0.4, -0.2) is 22.2 Å².